The average molecular weight is 387 g/mol. The van der Waals surface area contributed by atoms with Crippen LogP contribution in [0.25, 0.3) is 0 Å². The SMILES string of the molecule is CC1CS(=O)(=O)N(c2cccc(C(=O)Nc3ccc(C(N)=O)cc3)c2)C1=O. The van der Waals surface area contributed by atoms with E-state index in [1.54, 1.807) is 6.92 Å². The topological polar surface area (TPSA) is 127 Å². The molecule has 1 heterocycles. The van der Waals surface area contributed by atoms with Crippen molar-refractivity contribution in [3.63, 3.8) is 0 Å². The second-order valence-corrected chi connectivity index (χ2v) is 8.09. The minimum Gasteiger partial charge on any atom is -0.366 e. The molecule has 2 aromatic rings. The van der Waals surface area contributed by atoms with Gasteiger partial charge in [0.25, 0.3) is 5.91 Å². The van der Waals surface area contributed by atoms with Crippen LogP contribution in [0.3, 0.4) is 0 Å². The summed E-state index contributed by atoms with van der Waals surface area (Å²) >= 11 is 0. The predicted molar refractivity (Wildman–Crippen MR) is 99.8 cm³/mol. The number of amides is 3. The van der Waals surface area contributed by atoms with E-state index < -0.39 is 33.7 Å². The van der Waals surface area contributed by atoms with E-state index in [0.717, 1.165) is 4.31 Å². The van der Waals surface area contributed by atoms with Crippen molar-refractivity contribution >= 4 is 39.1 Å². The fraction of sp³-hybridized carbons (Fsp3) is 0.167. The summed E-state index contributed by atoms with van der Waals surface area (Å²) in [4.78, 5) is 35.7. The first kappa shape index (κ1) is 18.6. The second-order valence-electron chi connectivity index (χ2n) is 6.23. The number of primary amides is 1. The highest BCUT2D eigenvalue weighted by atomic mass is 32.2. The molecule has 0 radical (unpaired) electrons. The maximum Gasteiger partial charge on any atom is 0.255 e. The van der Waals surface area contributed by atoms with Crippen molar-refractivity contribution in [3.05, 3.63) is 59.7 Å². The molecule has 3 rings (SSSR count). The number of carbonyl (C=O) groups excluding carboxylic acids is 3. The van der Waals surface area contributed by atoms with Gasteiger partial charge in [-0.3, -0.25) is 14.4 Å². The zero-order valence-electron chi connectivity index (χ0n) is 14.4. The molecule has 1 unspecified atom stereocenters. The summed E-state index contributed by atoms with van der Waals surface area (Å²) in [6.07, 6.45) is 0. The molecule has 1 aliphatic rings. The maximum absolute atomic E-state index is 12.5. The molecule has 8 nitrogen and oxygen atoms in total. The Morgan fingerprint density at radius 3 is 2.33 bits per heavy atom. The third kappa shape index (κ3) is 3.68. The number of hydrogen-bond donors (Lipinski definition) is 2. The molecule has 1 fully saturated rings. The smallest absolute Gasteiger partial charge is 0.255 e. The van der Waals surface area contributed by atoms with E-state index in [-0.39, 0.29) is 17.0 Å². The van der Waals surface area contributed by atoms with Crippen LogP contribution < -0.4 is 15.4 Å². The highest BCUT2D eigenvalue weighted by molar-refractivity contribution is 7.94. The van der Waals surface area contributed by atoms with Gasteiger partial charge in [0.05, 0.1) is 17.4 Å². The zero-order chi connectivity index (χ0) is 19.8. The molecule has 0 saturated carbocycles. The molecule has 1 aliphatic heterocycles. The molecular weight excluding hydrogens is 370 g/mol. The number of carbonyl (C=O) groups is 3. The van der Waals surface area contributed by atoms with Crippen molar-refractivity contribution < 1.29 is 22.8 Å². The molecule has 140 valence electrons. The van der Waals surface area contributed by atoms with E-state index in [1.807, 2.05) is 0 Å². The molecule has 0 bridgehead atoms. The average Bonchev–Trinajstić information content (AvgIpc) is 2.82. The van der Waals surface area contributed by atoms with Crippen LogP contribution in [-0.2, 0) is 14.8 Å². The summed E-state index contributed by atoms with van der Waals surface area (Å²) in [7, 11) is -3.74. The van der Waals surface area contributed by atoms with Gasteiger partial charge in [-0.2, -0.15) is 0 Å². The highest BCUT2D eigenvalue weighted by Crippen LogP contribution is 2.29. The molecule has 1 saturated heterocycles. The van der Waals surface area contributed by atoms with E-state index in [0.29, 0.717) is 11.3 Å². The number of sulfonamides is 1. The normalized spacial score (nSPS) is 18.3. The second kappa shape index (κ2) is 6.84. The van der Waals surface area contributed by atoms with Crippen LogP contribution in [0.2, 0.25) is 0 Å². The van der Waals surface area contributed by atoms with Crippen LogP contribution in [-0.4, -0.2) is 31.9 Å². The fourth-order valence-corrected chi connectivity index (χ4v) is 4.59. The Morgan fingerprint density at radius 2 is 1.78 bits per heavy atom. The van der Waals surface area contributed by atoms with E-state index in [9.17, 15) is 22.8 Å². The van der Waals surface area contributed by atoms with Crippen LogP contribution >= 0.6 is 0 Å². The highest BCUT2D eigenvalue weighted by Gasteiger charge is 2.42. The van der Waals surface area contributed by atoms with Gasteiger partial charge in [0.2, 0.25) is 21.8 Å². The fourth-order valence-electron chi connectivity index (χ4n) is 2.78. The van der Waals surface area contributed by atoms with Crippen molar-refractivity contribution in [1.29, 1.82) is 0 Å². The third-order valence-electron chi connectivity index (χ3n) is 4.13. The van der Waals surface area contributed by atoms with Gasteiger partial charge in [-0.15, -0.1) is 0 Å². The van der Waals surface area contributed by atoms with Crippen molar-refractivity contribution in [3.8, 4) is 0 Å². The van der Waals surface area contributed by atoms with Crippen LogP contribution in [0.4, 0.5) is 11.4 Å². The van der Waals surface area contributed by atoms with Crippen LogP contribution in [0.1, 0.15) is 27.6 Å². The lowest BCUT2D eigenvalue weighted by molar-refractivity contribution is -0.119. The standard InChI is InChI=1S/C18H17N3O5S/c1-11-10-27(25,26)21(18(11)24)15-4-2-3-13(9-15)17(23)20-14-7-5-12(6-8-14)16(19)22/h2-9,11H,10H2,1H3,(H2,19,22)(H,20,23). The summed E-state index contributed by atoms with van der Waals surface area (Å²) in [5.74, 6) is -2.47. The molecule has 2 aromatic carbocycles. The third-order valence-corrected chi connectivity index (χ3v) is 6.00. The molecule has 0 aromatic heterocycles. The molecule has 0 aliphatic carbocycles. The number of benzene rings is 2. The Morgan fingerprint density at radius 1 is 1.11 bits per heavy atom. The zero-order valence-corrected chi connectivity index (χ0v) is 15.2. The Balaban J connectivity index is 1.84. The van der Waals surface area contributed by atoms with E-state index in [1.165, 1.54) is 48.5 Å². The van der Waals surface area contributed by atoms with Gasteiger partial charge in [0, 0.05) is 16.8 Å². The van der Waals surface area contributed by atoms with Gasteiger partial charge < -0.3 is 11.1 Å². The number of hydrogen-bond acceptors (Lipinski definition) is 5. The summed E-state index contributed by atoms with van der Waals surface area (Å²) in [5, 5.41) is 2.64. The number of rotatable bonds is 4. The van der Waals surface area contributed by atoms with Crippen molar-refractivity contribution in [2.24, 2.45) is 11.7 Å². The van der Waals surface area contributed by atoms with Crippen molar-refractivity contribution in [1.82, 2.24) is 0 Å². The number of nitrogens with one attached hydrogen (secondary N) is 1. The van der Waals surface area contributed by atoms with Crippen molar-refractivity contribution in [2.75, 3.05) is 15.4 Å². The van der Waals surface area contributed by atoms with Crippen LogP contribution in [0.15, 0.2) is 48.5 Å². The lowest BCUT2D eigenvalue weighted by Gasteiger charge is -2.16. The summed E-state index contributed by atoms with van der Waals surface area (Å²) in [6, 6.07) is 11.8. The van der Waals surface area contributed by atoms with E-state index in [2.05, 4.69) is 5.32 Å². The quantitative estimate of drug-likeness (QED) is 0.819. The molecule has 0 spiro atoms. The van der Waals surface area contributed by atoms with Crippen molar-refractivity contribution in [2.45, 2.75) is 6.92 Å². The molecule has 9 heteroatoms. The van der Waals surface area contributed by atoms with Gasteiger partial charge in [-0.05, 0) is 42.5 Å². The molecular formula is C18H17N3O5S. The van der Waals surface area contributed by atoms with Gasteiger partial charge >= 0.3 is 0 Å². The molecule has 3 N–H and O–H groups in total. The molecule has 27 heavy (non-hydrogen) atoms. The predicted octanol–water partition coefficient (Wildman–Crippen LogP) is 1.35. The largest absolute Gasteiger partial charge is 0.366 e. The summed E-state index contributed by atoms with van der Waals surface area (Å²) < 4.78 is 25.2. The van der Waals surface area contributed by atoms with Gasteiger partial charge in [0.1, 0.15) is 0 Å². The van der Waals surface area contributed by atoms with E-state index >= 15 is 0 Å². The summed E-state index contributed by atoms with van der Waals surface area (Å²) in [5.41, 5.74) is 6.23. The maximum atomic E-state index is 12.5. The Kier molecular flexibility index (Phi) is 4.71. The minimum absolute atomic E-state index is 0.126. The van der Waals surface area contributed by atoms with E-state index in [4.69, 9.17) is 5.73 Å². The van der Waals surface area contributed by atoms with Crippen LogP contribution in [0, 0.1) is 5.92 Å². The van der Waals surface area contributed by atoms with Crippen LogP contribution in [0.5, 0.6) is 0 Å². The number of nitrogens with two attached hydrogens (primary N) is 1. The Labute approximate surface area is 156 Å². The number of anilines is 2. The Bertz CT molecular complexity index is 1030. The minimum atomic E-state index is -3.74. The molecule has 3 amide bonds. The summed E-state index contributed by atoms with van der Waals surface area (Å²) in [6.45, 7) is 1.55. The lowest BCUT2D eigenvalue weighted by atomic mass is 10.1. The monoisotopic (exact) mass is 387 g/mol. The van der Waals surface area contributed by atoms with Gasteiger partial charge in [-0.1, -0.05) is 13.0 Å². The first-order chi connectivity index (χ1) is 12.7. The lowest BCUT2D eigenvalue weighted by Crippen LogP contribution is -2.30. The van der Waals surface area contributed by atoms with Gasteiger partial charge in [0.15, 0.2) is 0 Å². The Hall–Kier alpha value is -3.20. The first-order valence-electron chi connectivity index (χ1n) is 8.07. The van der Waals surface area contributed by atoms with Gasteiger partial charge in [-0.25, -0.2) is 12.7 Å². The number of nitrogens with zero attached hydrogens (tertiary/aromatic N) is 1. The first-order valence-corrected chi connectivity index (χ1v) is 9.68. The molecule has 1 atom stereocenters.